The molecule has 0 aromatic heterocycles. The SMILES string of the molecule is C(=Nc1ccc(-c2ccccc2)cc1)=Nc1ccc(-c2ccccc2)cc1. The zero-order chi connectivity index (χ0) is 18.3. The van der Waals surface area contributed by atoms with E-state index in [0.29, 0.717) is 0 Å². The average Bonchev–Trinajstić information content (AvgIpc) is 2.76. The maximum absolute atomic E-state index is 4.30. The van der Waals surface area contributed by atoms with Gasteiger partial charge >= 0.3 is 0 Å². The predicted octanol–water partition coefficient (Wildman–Crippen LogP) is 7.16. The summed E-state index contributed by atoms with van der Waals surface area (Å²) < 4.78 is 0. The molecule has 0 spiro atoms. The third-order valence-electron chi connectivity index (χ3n) is 4.31. The lowest BCUT2D eigenvalue weighted by molar-refractivity contribution is 1.49. The van der Waals surface area contributed by atoms with Crippen LogP contribution in [-0.4, -0.2) is 6.01 Å². The third-order valence-corrected chi connectivity index (χ3v) is 4.31. The van der Waals surface area contributed by atoms with Crippen molar-refractivity contribution in [1.82, 2.24) is 0 Å². The van der Waals surface area contributed by atoms with Crippen LogP contribution >= 0.6 is 0 Å². The highest BCUT2D eigenvalue weighted by atomic mass is 14.8. The smallest absolute Gasteiger partial charge is 0.100 e. The van der Waals surface area contributed by atoms with Crippen LogP contribution in [0.4, 0.5) is 11.4 Å². The van der Waals surface area contributed by atoms with E-state index in [2.05, 4.69) is 64.5 Å². The standard InChI is InChI=1S/C25H18N2/c1-3-7-20(8-4-1)22-11-15-24(16-12-22)26-19-27-25-17-13-23(14-18-25)21-9-5-2-6-10-21/h1-18H. The Bertz CT molecular complexity index is 972. The van der Waals surface area contributed by atoms with Crippen molar-refractivity contribution < 1.29 is 0 Å². The normalized spacial score (nSPS) is 10.1. The molecule has 0 unspecified atom stereocenters. The summed E-state index contributed by atoms with van der Waals surface area (Å²) in [7, 11) is 0. The van der Waals surface area contributed by atoms with Crippen molar-refractivity contribution in [2.75, 3.05) is 0 Å². The molecule has 0 N–H and O–H groups in total. The van der Waals surface area contributed by atoms with Crippen LogP contribution in [0.15, 0.2) is 119 Å². The Morgan fingerprint density at radius 2 is 0.704 bits per heavy atom. The van der Waals surface area contributed by atoms with Crippen molar-refractivity contribution in [3.05, 3.63) is 109 Å². The molecular formula is C25H18N2. The Hall–Kier alpha value is -3.74. The molecule has 0 aliphatic carbocycles. The molecule has 4 aromatic rings. The molecule has 0 saturated heterocycles. The molecule has 0 aliphatic heterocycles. The van der Waals surface area contributed by atoms with E-state index in [9.17, 15) is 0 Å². The minimum absolute atomic E-state index is 0.833. The Morgan fingerprint density at radius 1 is 0.370 bits per heavy atom. The number of rotatable bonds is 4. The van der Waals surface area contributed by atoms with Gasteiger partial charge in [-0.2, -0.15) is 9.98 Å². The quantitative estimate of drug-likeness (QED) is 0.350. The molecule has 2 nitrogen and oxygen atoms in total. The lowest BCUT2D eigenvalue weighted by Gasteiger charge is -2.01. The molecule has 0 radical (unpaired) electrons. The van der Waals surface area contributed by atoms with E-state index in [-0.39, 0.29) is 0 Å². The first-order chi connectivity index (χ1) is 13.4. The predicted molar refractivity (Wildman–Crippen MR) is 113 cm³/mol. The van der Waals surface area contributed by atoms with Crippen LogP contribution in [0.3, 0.4) is 0 Å². The van der Waals surface area contributed by atoms with Crippen LogP contribution in [0.5, 0.6) is 0 Å². The number of hydrogen-bond acceptors (Lipinski definition) is 2. The lowest BCUT2D eigenvalue weighted by atomic mass is 10.1. The summed E-state index contributed by atoms with van der Waals surface area (Å²) in [5, 5.41) is 0. The molecule has 4 aromatic carbocycles. The molecule has 0 fully saturated rings. The maximum atomic E-state index is 4.30. The minimum Gasteiger partial charge on any atom is -0.188 e. The maximum Gasteiger partial charge on any atom is 0.100 e. The summed E-state index contributed by atoms with van der Waals surface area (Å²) in [6.45, 7) is 0. The fourth-order valence-electron chi connectivity index (χ4n) is 2.86. The van der Waals surface area contributed by atoms with E-state index in [1.165, 1.54) is 22.3 Å². The first-order valence-electron chi connectivity index (χ1n) is 8.86. The molecule has 0 saturated carbocycles. The summed E-state index contributed by atoms with van der Waals surface area (Å²) in [4.78, 5) is 8.60. The van der Waals surface area contributed by atoms with Gasteiger partial charge in [0.1, 0.15) is 6.01 Å². The highest BCUT2D eigenvalue weighted by molar-refractivity contribution is 5.68. The fourth-order valence-corrected chi connectivity index (χ4v) is 2.86. The van der Waals surface area contributed by atoms with Gasteiger partial charge < -0.3 is 0 Å². The summed E-state index contributed by atoms with van der Waals surface area (Å²) in [5.74, 6) is 0. The van der Waals surface area contributed by atoms with Gasteiger partial charge in [0.05, 0.1) is 11.4 Å². The topological polar surface area (TPSA) is 24.7 Å². The minimum atomic E-state index is 0.833. The molecule has 0 atom stereocenters. The number of benzene rings is 4. The molecule has 4 rings (SSSR count). The van der Waals surface area contributed by atoms with Crippen LogP contribution in [0.1, 0.15) is 0 Å². The van der Waals surface area contributed by atoms with Gasteiger partial charge in [-0.1, -0.05) is 84.9 Å². The second-order valence-corrected chi connectivity index (χ2v) is 6.15. The molecule has 0 heterocycles. The first-order valence-corrected chi connectivity index (χ1v) is 8.86. The van der Waals surface area contributed by atoms with Crippen LogP contribution in [0.2, 0.25) is 0 Å². The monoisotopic (exact) mass is 346 g/mol. The van der Waals surface area contributed by atoms with Crippen LogP contribution in [-0.2, 0) is 0 Å². The van der Waals surface area contributed by atoms with Gasteiger partial charge in [-0.05, 0) is 46.5 Å². The first kappa shape index (κ1) is 16.7. The van der Waals surface area contributed by atoms with Crippen LogP contribution in [0.25, 0.3) is 22.3 Å². The largest absolute Gasteiger partial charge is 0.188 e. The fraction of sp³-hybridized carbons (Fsp3) is 0. The van der Waals surface area contributed by atoms with E-state index in [0.717, 1.165) is 11.4 Å². The van der Waals surface area contributed by atoms with E-state index in [1.54, 1.807) is 0 Å². The van der Waals surface area contributed by atoms with Crippen LogP contribution in [0, 0.1) is 0 Å². The summed E-state index contributed by atoms with van der Waals surface area (Å²) in [5.41, 5.74) is 6.39. The van der Waals surface area contributed by atoms with E-state index >= 15 is 0 Å². The van der Waals surface area contributed by atoms with Gasteiger partial charge in [-0.15, -0.1) is 0 Å². The van der Waals surface area contributed by atoms with Crippen molar-refractivity contribution in [1.29, 1.82) is 0 Å². The molecule has 128 valence electrons. The van der Waals surface area contributed by atoms with Gasteiger partial charge in [0.2, 0.25) is 0 Å². The molecular weight excluding hydrogens is 328 g/mol. The van der Waals surface area contributed by atoms with Gasteiger partial charge in [-0.25, -0.2) is 0 Å². The molecule has 2 heteroatoms. The summed E-state index contributed by atoms with van der Waals surface area (Å²) in [6.07, 6.45) is 0. The van der Waals surface area contributed by atoms with Gasteiger partial charge in [0.15, 0.2) is 0 Å². The Labute approximate surface area is 159 Å². The van der Waals surface area contributed by atoms with Crippen molar-refractivity contribution >= 4 is 17.4 Å². The number of nitrogens with zero attached hydrogens (tertiary/aromatic N) is 2. The molecule has 27 heavy (non-hydrogen) atoms. The van der Waals surface area contributed by atoms with E-state index in [1.807, 2.05) is 60.7 Å². The zero-order valence-electron chi connectivity index (χ0n) is 14.8. The van der Waals surface area contributed by atoms with Crippen LogP contribution < -0.4 is 0 Å². The average molecular weight is 346 g/mol. The Morgan fingerprint density at radius 3 is 1.07 bits per heavy atom. The van der Waals surface area contributed by atoms with E-state index in [4.69, 9.17) is 0 Å². The lowest BCUT2D eigenvalue weighted by Crippen LogP contribution is -1.76. The molecule has 0 amide bonds. The van der Waals surface area contributed by atoms with Crippen molar-refractivity contribution in [3.63, 3.8) is 0 Å². The van der Waals surface area contributed by atoms with Gasteiger partial charge in [-0.3, -0.25) is 0 Å². The Balaban J connectivity index is 1.47. The Kier molecular flexibility index (Phi) is 5.01. The van der Waals surface area contributed by atoms with Crippen molar-refractivity contribution in [2.24, 2.45) is 9.98 Å². The highest BCUT2D eigenvalue weighted by Gasteiger charge is 1.97. The summed E-state index contributed by atoms with van der Waals surface area (Å²) in [6, 6.07) is 39.5. The number of aliphatic imine (C=N–C) groups is 2. The van der Waals surface area contributed by atoms with Gasteiger partial charge in [0.25, 0.3) is 0 Å². The highest BCUT2D eigenvalue weighted by Crippen LogP contribution is 2.23. The third kappa shape index (κ3) is 4.27. The summed E-state index contributed by atoms with van der Waals surface area (Å²) >= 11 is 0. The zero-order valence-corrected chi connectivity index (χ0v) is 14.8. The van der Waals surface area contributed by atoms with Crippen molar-refractivity contribution in [3.8, 4) is 22.3 Å². The molecule has 0 bridgehead atoms. The second-order valence-electron chi connectivity index (χ2n) is 6.15. The molecule has 0 aliphatic rings. The number of hydrogen-bond donors (Lipinski definition) is 0. The van der Waals surface area contributed by atoms with E-state index < -0.39 is 0 Å². The van der Waals surface area contributed by atoms with Gasteiger partial charge in [0, 0.05) is 0 Å². The van der Waals surface area contributed by atoms with Crippen molar-refractivity contribution in [2.45, 2.75) is 0 Å². The second kappa shape index (κ2) is 8.09.